The summed E-state index contributed by atoms with van der Waals surface area (Å²) in [6.45, 7) is -3.87. The Labute approximate surface area is 115 Å². The zero-order chi connectivity index (χ0) is 16.1. The van der Waals surface area contributed by atoms with Crippen molar-refractivity contribution in [3.8, 4) is 0 Å². The normalized spacial score (nSPS) is 15.3. The summed E-state index contributed by atoms with van der Waals surface area (Å²) in [5.41, 5.74) is 1.82. The Kier molecular flexibility index (Phi) is 3.59. The third-order valence-corrected chi connectivity index (χ3v) is 2.51. The average molecular weight is 244 g/mol. The van der Waals surface area contributed by atoms with Crippen molar-refractivity contribution in [3.05, 3.63) is 71.8 Å². The van der Waals surface area contributed by atoms with Crippen LogP contribution in [0.2, 0.25) is 0 Å². The zero-order valence-electron chi connectivity index (χ0n) is 14.2. The van der Waals surface area contributed by atoms with Gasteiger partial charge in [0.1, 0.15) is 0 Å². The molecule has 2 aromatic rings. The van der Waals surface area contributed by atoms with E-state index in [1.165, 1.54) is 0 Å². The molecule has 94 valence electrons. The van der Waals surface area contributed by atoms with Crippen LogP contribution in [0.25, 0.3) is 0 Å². The second-order valence-electron chi connectivity index (χ2n) is 3.93. The molecule has 2 heteroatoms. The van der Waals surface area contributed by atoms with Crippen LogP contribution < -0.4 is 10.6 Å². The molecule has 0 spiro atoms. The van der Waals surface area contributed by atoms with E-state index in [1.807, 2.05) is 60.7 Å². The highest BCUT2D eigenvalue weighted by Crippen LogP contribution is 1.97. The topological polar surface area (TPSA) is 24.1 Å². The molecule has 0 unspecified atom stereocenters. The Bertz CT molecular complexity index is 520. The number of hydrogen-bond acceptors (Lipinski definition) is 2. The first-order valence-electron chi connectivity index (χ1n) is 7.99. The van der Waals surface area contributed by atoms with E-state index in [0.717, 1.165) is 11.1 Å². The van der Waals surface area contributed by atoms with Gasteiger partial charge in [0.2, 0.25) is 0 Å². The molecule has 0 atom stereocenters. The summed E-state index contributed by atoms with van der Waals surface area (Å²) in [4.78, 5) is 0. The highest BCUT2D eigenvalue weighted by atomic mass is 14.9. The van der Waals surface area contributed by atoms with Crippen molar-refractivity contribution in [1.29, 1.82) is 0 Å². The summed E-state index contributed by atoms with van der Waals surface area (Å²) in [6.07, 6.45) is 0. The quantitative estimate of drug-likeness (QED) is 0.782. The molecule has 0 aliphatic heterocycles. The molecule has 0 saturated carbocycles. The SMILES string of the molecule is [2H]C([2H])(NCc1ccccc1)C([2H])([2H])NCc1ccccc1. The predicted molar refractivity (Wildman–Crippen MR) is 76.3 cm³/mol. The smallest absolute Gasteiger partial charge is 0.0441 e. The van der Waals surface area contributed by atoms with Gasteiger partial charge in [-0.2, -0.15) is 0 Å². The summed E-state index contributed by atoms with van der Waals surface area (Å²) in [5.74, 6) is 0. The van der Waals surface area contributed by atoms with E-state index in [4.69, 9.17) is 5.48 Å². The largest absolute Gasteiger partial charge is 0.311 e. The summed E-state index contributed by atoms with van der Waals surface area (Å²) >= 11 is 0. The molecule has 0 radical (unpaired) electrons. The molecule has 0 aromatic heterocycles. The molecule has 0 bridgehead atoms. The first-order valence-corrected chi connectivity index (χ1v) is 5.99. The van der Waals surface area contributed by atoms with Crippen molar-refractivity contribution in [2.24, 2.45) is 0 Å². The van der Waals surface area contributed by atoms with Crippen LogP contribution in [0.5, 0.6) is 0 Å². The fourth-order valence-corrected chi connectivity index (χ4v) is 1.57. The van der Waals surface area contributed by atoms with Gasteiger partial charge in [0.25, 0.3) is 0 Å². The number of hydrogen-bond donors (Lipinski definition) is 2. The molecule has 0 aliphatic rings. The van der Waals surface area contributed by atoms with Gasteiger partial charge in [-0.1, -0.05) is 60.7 Å². The fourth-order valence-electron chi connectivity index (χ4n) is 1.57. The molecular formula is C16H20N2. The van der Waals surface area contributed by atoms with Crippen LogP contribution in [-0.2, 0) is 13.1 Å². The van der Waals surface area contributed by atoms with E-state index in [0.29, 0.717) is 0 Å². The highest BCUT2D eigenvalue weighted by Gasteiger charge is 1.92. The van der Waals surface area contributed by atoms with Crippen molar-refractivity contribution in [2.75, 3.05) is 13.0 Å². The minimum Gasteiger partial charge on any atom is -0.311 e. The van der Waals surface area contributed by atoms with Crippen molar-refractivity contribution in [1.82, 2.24) is 10.6 Å². The number of benzene rings is 2. The second-order valence-corrected chi connectivity index (χ2v) is 3.93. The van der Waals surface area contributed by atoms with Crippen molar-refractivity contribution >= 4 is 0 Å². The summed E-state index contributed by atoms with van der Waals surface area (Å²) in [6, 6.07) is 18.7. The molecule has 2 rings (SSSR count). The second kappa shape index (κ2) is 7.64. The van der Waals surface area contributed by atoms with Crippen LogP contribution >= 0.6 is 0 Å². The maximum atomic E-state index is 7.96. The van der Waals surface area contributed by atoms with Gasteiger partial charge in [-0.15, -0.1) is 0 Å². The summed E-state index contributed by atoms with van der Waals surface area (Å²) in [7, 11) is 0. The van der Waals surface area contributed by atoms with Crippen molar-refractivity contribution in [3.63, 3.8) is 0 Å². The fraction of sp³-hybridized carbons (Fsp3) is 0.250. The zero-order valence-corrected chi connectivity index (χ0v) is 10.2. The first-order chi connectivity index (χ1) is 10.4. The van der Waals surface area contributed by atoms with E-state index in [2.05, 4.69) is 10.6 Å². The van der Waals surface area contributed by atoms with Gasteiger partial charge >= 0.3 is 0 Å². The summed E-state index contributed by atoms with van der Waals surface area (Å²) < 4.78 is 31.8. The Morgan fingerprint density at radius 3 is 1.44 bits per heavy atom. The number of nitrogens with one attached hydrogen (secondary N) is 2. The molecule has 2 N–H and O–H groups in total. The molecule has 0 saturated heterocycles. The standard InChI is InChI=1S/C16H20N2/c1-3-7-15(8-4-1)13-17-11-12-18-14-16-9-5-2-6-10-16/h1-10,17-18H,11-14H2/i11D2,12D2. The van der Waals surface area contributed by atoms with E-state index in [-0.39, 0.29) is 13.1 Å². The molecule has 18 heavy (non-hydrogen) atoms. The number of rotatable bonds is 7. The van der Waals surface area contributed by atoms with E-state index in [9.17, 15) is 0 Å². The Morgan fingerprint density at radius 2 is 1.06 bits per heavy atom. The van der Waals surface area contributed by atoms with Crippen LogP contribution in [0.4, 0.5) is 0 Å². The van der Waals surface area contributed by atoms with Gasteiger partial charge in [-0.3, -0.25) is 0 Å². The van der Waals surface area contributed by atoms with Gasteiger partial charge in [0.15, 0.2) is 0 Å². The lowest BCUT2D eigenvalue weighted by atomic mass is 10.2. The minimum absolute atomic E-state index is 0.264. The minimum atomic E-state index is -2.20. The highest BCUT2D eigenvalue weighted by molar-refractivity contribution is 5.15. The summed E-state index contributed by atoms with van der Waals surface area (Å²) in [5, 5.41) is 5.30. The molecule has 2 aromatic carbocycles. The third-order valence-electron chi connectivity index (χ3n) is 2.51. The first kappa shape index (κ1) is 8.46. The van der Waals surface area contributed by atoms with Crippen molar-refractivity contribution < 1.29 is 5.48 Å². The van der Waals surface area contributed by atoms with Crippen LogP contribution in [0, 0.1) is 0 Å². The van der Waals surface area contributed by atoms with Gasteiger partial charge in [-0.25, -0.2) is 0 Å². The van der Waals surface area contributed by atoms with E-state index >= 15 is 0 Å². The van der Waals surface area contributed by atoms with Gasteiger partial charge in [0, 0.05) is 31.6 Å². The Hall–Kier alpha value is -1.64. The third kappa shape index (κ3) is 4.70. The molecule has 0 amide bonds. The van der Waals surface area contributed by atoms with Crippen molar-refractivity contribution in [2.45, 2.75) is 13.1 Å². The molecule has 2 nitrogen and oxygen atoms in total. The van der Waals surface area contributed by atoms with E-state index < -0.39 is 13.0 Å². The predicted octanol–water partition coefficient (Wildman–Crippen LogP) is 2.57. The lowest BCUT2D eigenvalue weighted by Gasteiger charge is -2.06. The monoisotopic (exact) mass is 244 g/mol. The van der Waals surface area contributed by atoms with Gasteiger partial charge in [-0.05, 0) is 11.1 Å². The van der Waals surface area contributed by atoms with Gasteiger partial charge < -0.3 is 10.6 Å². The van der Waals surface area contributed by atoms with E-state index in [1.54, 1.807) is 0 Å². The maximum Gasteiger partial charge on any atom is 0.0441 e. The van der Waals surface area contributed by atoms with Gasteiger partial charge in [0.05, 0.1) is 0 Å². The lowest BCUT2D eigenvalue weighted by Crippen LogP contribution is -2.26. The molecule has 0 fully saturated rings. The Balaban J connectivity index is 1.93. The molecule has 0 heterocycles. The van der Waals surface area contributed by atoms with Crippen LogP contribution in [0.3, 0.4) is 0 Å². The van der Waals surface area contributed by atoms with Crippen LogP contribution in [0.1, 0.15) is 16.6 Å². The molecule has 0 aliphatic carbocycles. The lowest BCUT2D eigenvalue weighted by molar-refractivity contribution is 0.611. The average Bonchev–Trinajstić information content (AvgIpc) is 2.53. The maximum absolute atomic E-state index is 7.96. The van der Waals surface area contributed by atoms with Crippen LogP contribution in [0.15, 0.2) is 60.7 Å². The van der Waals surface area contributed by atoms with Crippen LogP contribution in [-0.4, -0.2) is 13.0 Å². The Morgan fingerprint density at radius 1 is 0.667 bits per heavy atom. The molecular weight excluding hydrogens is 220 g/mol.